The molecule has 0 spiro atoms. The predicted octanol–water partition coefficient (Wildman–Crippen LogP) is 3.56. The van der Waals surface area contributed by atoms with Gasteiger partial charge in [-0.1, -0.05) is 11.8 Å². The lowest BCUT2D eigenvalue weighted by Crippen LogP contribution is -2.28. The van der Waals surface area contributed by atoms with Crippen LogP contribution in [-0.4, -0.2) is 75.3 Å². The van der Waals surface area contributed by atoms with E-state index in [-0.39, 0.29) is 20.3 Å². The Labute approximate surface area is 249 Å². The van der Waals surface area contributed by atoms with Gasteiger partial charge in [-0.05, 0) is 75.2 Å². The highest BCUT2D eigenvalue weighted by molar-refractivity contribution is 7.89. The molecule has 4 rings (SSSR count). The van der Waals surface area contributed by atoms with Gasteiger partial charge in [0.05, 0.1) is 9.79 Å². The molecule has 0 unspecified atom stereocenters. The fraction of sp³-hybridized carbons (Fsp3) is 0.429. The van der Waals surface area contributed by atoms with E-state index < -0.39 is 20.0 Å². The summed E-state index contributed by atoms with van der Waals surface area (Å²) in [5, 5.41) is 0.250. The summed E-state index contributed by atoms with van der Waals surface area (Å²) in [5.74, 6) is 12.3. The molecule has 0 amide bonds. The summed E-state index contributed by atoms with van der Waals surface area (Å²) in [4.78, 5) is 0.572. The van der Waals surface area contributed by atoms with E-state index in [0.29, 0.717) is 50.9 Å². The third-order valence-electron chi connectivity index (χ3n) is 6.15. The second-order valence-electron chi connectivity index (χ2n) is 8.98. The predicted molar refractivity (Wildman–Crippen MR) is 163 cm³/mol. The summed E-state index contributed by atoms with van der Waals surface area (Å²) in [7, 11) is -6.83. The quantitative estimate of drug-likeness (QED) is 0.346. The van der Waals surface area contributed by atoms with E-state index in [4.69, 9.17) is 9.47 Å². The molecule has 0 aromatic heterocycles. The molecular formula is C28H34N2O6S4. The fourth-order valence-electron chi connectivity index (χ4n) is 3.95. The Hall–Kier alpha value is -2.32. The van der Waals surface area contributed by atoms with Crippen molar-refractivity contribution in [1.29, 1.82) is 0 Å². The molecule has 2 aliphatic rings. The maximum absolute atomic E-state index is 12.4. The first-order valence-corrected chi connectivity index (χ1v) is 16.6. The largest absolute Gasteiger partial charge is 0.481 e. The van der Waals surface area contributed by atoms with Gasteiger partial charge in [0.15, 0.2) is 0 Å². The maximum atomic E-state index is 12.4. The molecule has 2 fully saturated rings. The highest BCUT2D eigenvalue weighted by Crippen LogP contribution is 2.26. The van der Waals surface area contributed by atoms with Crippen molar-refractivity contribution in [1.82, 2.24) is 8.61 Å². The number of rotatable bonds is 8. The Balaban J connectivity index is 0.000000220. The molecule has 0 bridgehead atoms. The highest BCUT2D eigenvalue weighted by atomic mass is 32.2. The highest BCUT2D eigenvalue weighted by Gasteiger charge is 2.32. The van der Waals surface area contributed by atoms with Crippen LogP contribution in [0.1, 0.15) is 26.7 Å². The van der Waals surface area contributed by atoms with Crippen molar-refractivity contribution in [3.63, 3.8) is 0 Å². The SMILES string of the molecule is CC#CCOc1ccc(S(=O)(=O)N2CC[C@@H](S)C2)cc1.CC#CCOc1ccc(S(=O)(=O)N2CC[C@H](S)C2)cc1. The van der Waals surface area contributed by atoms with Crippen molar-refractivity contribution in [3.05, 3.63) is 48.5 Å². The zero-order valence-electron chi connectivity index (χ0n) is 22.5. The van der Waals surface area contributed by atoms with E-state index in [0.717, 1.165) is 12.8 Å². The molecule has 2 aromatic rings. The molecule has 0 saturated carbocycles. The fourth-order valence-corrected chi connectivity index (χ4v) is 7.80. The summed E-state index contributed by atoms with van der Waals surface area (Å²) in [6, 6.07) is 12.9. The lowest BCUT2D eigenvalue weighted by Gasteiger charge is -2.16. The van der Waals surface area contributed by atoms with Gasteiger partial charge < -0.3 is 9.47 Å². The van der Waals surface area contributed by atoms with Crippen molar-refractivity contribution in [3.8, 4) is 35.2 Å². The number of benzene rings is 2. The lowest BCUT2D eigenvalue weighted by molar-refractivity contribution is 0.369. The van der Waals surface area contributed by atoms with Crippen LogP contribution in [0.15, 0.2) is 58.3 Å². The van der Waals surface area contributed by atoms with Crippen molar-refractivity contribution in [2.45, 2.75) is 47.0 Å². The molecule has 12 heteroatoms. The molecule has 40 heavy (non-hydrogen) atoms. The summed E-state index contributed by atoms with van der Waals surface area (Å²) in [6.07, 6.45) is 1.58. The van der Waals surface area contributed by atoms with Crippen LogP contribution in [0.4, 0.5) is 0 Å². The van der Waals surface area contributed by atoms with Gasteiger partial charge in [-0.3, -0.25) is 0 Å². The van der Waals surface area contributed by atoms with Crippen LogP contribution < -0.4 is 9.47 Å². The molecule has 2 saturated heterocycles. The van der Waals surface area contributed by atoms with Gasteiger partial charge in [0.2, 0.25) is 20.0 Å². The van der Waals surface area contributed by atoms with E-state index >= 15 is 0 Å². The number of thiol groups is 2. The van der Waals surface area contributed by atoms with E-state index in [1.807, 2.05) is 0 Å². The molecule has 0 N–H and O–H groups in total. The zero-order chi connectivity index (χ0) is 29.2. The van der Waals surface area contributed by atoms with E-state index in [1.54, 1.807) is 62.4 Å². The average Bonchev–Trinajstić information content (AvgIpc) is 3.59. The second kappa shape index (κ2) is 15.1. The van der Waals surface area contributed by atoms with Gasteiger partial charge in [0.1, 0.15) is 24.7 Å². The van der Waals surface area contributed by atoms with Crippen LogP contribution in [0.5, 0.6) is 11.5 Å². The average molecular weight is 623 g/mol. The monoisotopic (exact) mass is 622 g/mol. The van der Waals surface area contributed by atoms with Gasteiger partial charge in [-0.2, -0.15) is 33.9 Å². The molecule has 2 aromatic carbocycles. The summed E-state index contributed by atoms with van der Waals surface area (Å²) in [5.41, 5.74) is 0. The second-order valence-corrected chi connectivity index (χ2v) is 14.3. The minimum absolute atomic E-state index is 0.125. The number of hydrogen-bond acceptors (Lipinski definition) is 8. The van der Waals surface area contributed by atoms with Gasteiger partial charge in [0.25, 0.3) is 0 Å². The molecule has 2 atom stereocenters. The maximum Gasteiger partial charge on any atom is 0.243 e. The van der Waals surface area contributed by atoms with E-state index in [2.05, 4.69) is 48.9 Å². The smallest absolute Gasteiger partial charge is 0.243 e. The summed E-state index contributed by atoms with van der Waals surface area (Å²) in [6.45, 7) is 6.08. The third-order valence-corrected chi connectivity index (χ3v) is 10.8. The van der Waals surface area contributed by atoms with Crippen LogP contribution in [0.2, 0.25) is 0 Å². The normalized spacial score (nSPS) is 19.4. The van der Waals surface area contributed by atoms with Crippen molar-refractivity contribution >= 4 is 45.3 Å². The first kappa shape index (κ1) is 32.2. The zero-order valence-corrected chi connectivity index (χ0v) is 25.9. The number of sulfonamides is 2. The number of ether oxygens (including phenoxy) is 2. The summed E-state index contributed by atoms with van der Waals surface area (Å²) < 4.78 is 63.2. The Kier molecular flexibility index (Phi) is 12.1. The van der Waals surface area contributed by atoms with E-state index in [9.17, 15) is 16.8 Å². The van der Waals surface area contributed by atoms with Gasteiger partial charge in [-0.15, -0.1) is 11.8 Å². The molecule has 0 radical (unpaired) electrons. The van der Waals surface area contributed by atoms with E-state index in [1.165, 1.54) is 8.61 Å². The molecular weight excluding hydrogens is 589 g/mol. The summed E-state index contributed by atoms with van der Waals surface area (Å²) >= 11 is 8.64. The Morgan fingerprint density at radius 3 is 1.32 bits per heavy atom. The third kappa shape index (κ3) is 8.84. The van der Waals surface area contributed by atoms with Gasteiger partial charge >= 0.3 is 0 Å². The number of hydrogen-bond donors (Lipinski definition) is 2. The Bertz CT molecular complexity index is 1340. The van der Waals surface area contributed by atoms with Gasteiger partial charge in [-0.25, -0.2) is 16.8 Å². The minimum Gasteiger partial charge on any atom is -0.481 e. The van der Waals surface area contributed by atoms with Crippen molar-refractivity contribution < 1.29 is 26.3 Å². The first-order valence-electron chi connectivity index (χ1n) is 12.7. The van der Waals surface area contributed by atoms with Crippen LogP contribution in [0, 0.1) is 23.7 Å². The van der Waals surface area contributed by atoms with Crippen molar-refractivity contribution in [2.75, 3.05) is 39.4 Å². The lowest BCUT2D eigenvalue weighted by atomic mass is 10.3. The molecule has 0 aliphatic carbocycles. The van der Waals surface area contributed by atoms with Gasteiger partial charge in [0, 0.05) is 36.7 Å². The molecule has 8 nitrogen and oxygen atoms in total. The van der Waals surface area contributed by atoms with Crippen LogP contribution in [0.3, 0.4) is 0 Å². The van der Waals surface area contributed by atoms with Crippen LogP contribution >= 0.6 is 25.3 Å². The molecule has 2 aliphatic heterocycles. The van der Waals surface area contributed by atoms with Crippen LogP contribution in [-0.2, 0) is 20.0 Å². The Morgan fingerprint density at radius 1 is 0.700 bits per heavy atom. The Morgan fingerprint density at radius 2 is 1.05 bits per heavy atom. The standard InChI is InChI=1S/2C14H17NO3S2/c2*1-2-3-10-18-12-4-6-14(7-5-12)20(16,17)15-9-8-13(19)11-15/h2*4-7,13,19H,8-11H2,1H3/t2*13-/m10/s1. The number of nitrogens with zero attached hydrogens (tertiary/aromatic N) is 2. The first-order chi connectivity index (χ1) is 19.1. The minimum atomic E-state index is -3.41. The van der Waals surface area contributed by atoms with Crippen LogP contribution in [0.25, 0.3) is 0 Å². The van der Waals surface area contributed by atoms with Crippen molar-refractivity contribution in [2.24, 2.45) is 0 Å². The molecule has 2 heterocycles. The topological polar surface area (TPSA) is 93.2 Å². The molecule has 216 valence electrons.